The van der Waals surface area contributed by atoms with Crippen LogP contribution in [-0.4, -0.2) is 33.4 Å². The maximum Gasteiger partial charge on any atom is 0.265 e. The lowest BCUT2D eigenvalue weighted by atomic mass is 9.91. The van der Waals surface area contributed by atoms with Gasteiger partial charge in [0.1, 0.15) is 11.2 Å². The minimum atomic E-state index is -0.241. The maximum absolute atomic E-state index is 12.9. The van der Waals surface area contributed by atoms with Crippen molar-refractivity contribution in [3.8, 4) is 0 Å². The van der Waals surface area contributed by atoms with Gasteiger partial charge < -0.3 is 4.90 Å². The Hall–Kier alpha value is -2.17. The van der Waals surface area contributed by atoms with E-state index in [1.54, 1.807) is 16.8 Å². The fourth-order valence-electron chi connectivity index (χ4n) is 3.65. The van der Waals surface area contributed by atoms with Gasteiger partial charge in [-0.05, 0) is 43.4 Å². The van der Waals surface area contributed by atoms with Crippen LogP contribution in [0, 0.1) is 11.8 Å². The van der Waals surface area contributed by atoms with E-state index in [0.29, 0.717) is 24.0 Å². The van der Waals surface area contributed by atoms with Crippen LogP contribution in [0.15, 0.2) is 29.2 Å². The Bertz CT molecular complexity index is 786. The van der Waals surface area contributed by atoms with Crippen LogP contribution >= 0.6 is 0 Å². The Kier molecular flexibility index (Phi) is 4.20. The number of fused-ring (bicyclic) bond motifs is 1. The third kappa shape index (κ3) is 2.87. The van der Waals surface area contributed by atoms with Crippen molar-refractivity contribution < 1.29 is 4.79 Å². The molecule has 0 saturated carbocycles. The van der Waals surface area contributed by atoms with Gasteiger partial charge in [-0.15, -0.1) is 0 Å². The summed E-state index contributed by atoms with van der Waals surface area (Å²) in [4.78, 5) is 31.8. The first kappa shape index (κ1) is 15.7. The van der Waals surface area contributed by atoms with Gasteiger partial charge in [0.2, 0.25) is 0 Å². The highest BCUT2D eigenvalue weighted by atomic mass is 16.2. The van der Waals surface area contributed by atoms with Crippen LogP contribution in [0.2, 0.25) is 0 Å². The molecule has 2 atom stereocenters. The van der Waals surface area contributed by atoms with Gasteiger partial charge in [-0.2, -0.15) is 0 Å². The molecular formula is C18H23N3O2. The maximum atomic E-state index is 12.9. The first-order valence-corrected chi connectivity index (χ1v) is 8.29. The van der Waals surface area contributed by atoms with Crippen molar-refractivity contribution in [3.63, 3.8) is 0 Å². The minimum Gasteiger partial charge on any atom is -0.338 e. The Morgan fingerprint density at radius 2 is 2.00 bits per heavy atom. The van der Waals surface area contributed by atoms with Crippen LogP contribution in [0.1, 0.15) is 37.6 Å². The Morgan fingerprint density at radius 3 is 2.65 bits per heavy atom. The van der Waals surface area contributed by atoms with Crippen LogP contribution in [0.5, 0.6) is 0 Å². The fourth-order valence-corrected chi connectivity index (χ4v) is 3.65. The smallest absolute Gasteiger partial charge is 0.265 e. The minimum absolute atomic E-state index is 0.152. The number of aryl methyl sites for hydroxylation is 1. The summed E-state index contributed by atoms with van der Waals surface area (Å²) in [6, 6.07) is 5.42. The standard InChI is InChI=1S/C18H23N3O2/c1-4-21-16-14(6-5-7-19-16)9-15(18(21)23)17(22)20-10-12(2)8-13(3)11-20/h5-7,9,12-13H,4,8,10-11H2,1-3H3/t12-,13-/m1/s1. The van der Waals surface area contributed by atoms with Gasteiger partial charge in [0, 0.05) is 31.2 Å². The van der Waals surface area contributed by atoms with E-state index in [4.69, 9.17) is 0 Å². The average molecular weight is 313 g/mol. The third-order valence-corrected chi connectivity index (χ3v) is 4.55. The van der Waals surface area contributed by atoms with E-state index in [0.717, 1.165) is 24.9 Å². The number of hydrogen-bond donors (Lipinski definition) is 0. The Labute approximate surface area is 135 Å². The lowest BCUT2D eigenvalue weighted by molar-refractivity contribution is 0.0621. The van der Waals surface area contributed by atoms with Gasteiger partial charge in [0.25, 0.3) is 11.5 Å². The lowest BCUT2D eigenvalue weighted by Crippen LogP contribution is -2.44. The quantitative estimate of drug-likeness (QED) is 0.856. The monoisotopic (exact) mass is 313 g/mol. The summed E-state index contributed by atoms with van der Waals surface area (Å²) in [5, 5.41) is 0.829. The molecule has 1 aliphatic heterocycles. The van der Waals surface area contributed by atoms with Crippen LogP contribution in [0.4, 0.5) is 0 Å². The first-order valence-electron chi connectivity index (χ1n) is 8.29. The predicted molar refractivity (Wildman–Crippen MR) is 90.5 cm³/mol. The summed E-state index contributed by atoms with van der Waals surface area (Å²) in [5.41, 5.74) is 0.653. The molecule has 0 radical (unpaired) electrons. The highest BCUT2D eigenvalue weighted by Gasteiger charge is 2.28. The largest absolute Gasteiger partial charge is 0.338 e. The molecule has 5 heteroatoms. The zero-order chi connectivity index (χ0) is 16.6. The second kappa shape index (κ2) is 6.14. The zero-order valence-corrected chi connectivity index (χ0v) is 14.0. The van der Waals surface area contributed by atoms with E-state index in [2.05, 4.69) is 18.8 Å². The van der Waals surface area contributed by atoms with Crippen LogP contribution in [-0.2, 0) is 6.54 Å². The van der Waals surface area contributed by atoms with E-state index < -0.39 is 0 Å². The van der Waals surface area contributed by atoms with E-state index in [-0.39, 0.29) is 17.0 Å². The molecule has 1 fully saturated rings. The molecule has 23 heavy (non-hydrogen) atoms. The molecule has 0 bridgehead atoms. The number of carbonyl (C=O) groups excluding carboxylic acids is 1. The number of rotatable bonds is 2. The third-order valence-electron chi connectivity index (χ3n) is 4.55. The van der Waals surface area contributed by atoms with E-state index in [1.807, 2.05) is 24.0 Å². The van der Waals surface area contributed by atoms with Crippen molar-refractivity contribution in [2.24, 2.45) is 11.8 Å². The van der Waals surface area contributed by atoms with Crippen molar-refractivity contribution in [2.45, 2.75) is 33.7 Å². The molecule has 0 aliphatic carbocycles. The normalized spacial score (nSPS) is 21.6. The molecular weight excluding hydrogens is 290 g/mol. The van der Waals surface area contributed by atoms with Gasteiger partial charge >= 0.3 is 0 Å². The van der Waals surface area contributed by atoms with E-state index in [1.165, 1.54) is 0 Å². The van der Waals surface area contributed by atoms with Gasteiger partial charge in [0.15, 0.2) is 0 Å². The number of pyridine rings is 2. The molecule has 5 nitrogen and oxygen atoms in total. The van der Waals surface area contributed by atoms with Gasteiger partial charge in [-0.25, -0.2) is 4.98 Å². The molecule has 0 unspecified atom stereocenters. The van der Waals surface area contributed by atoms with Crippen molar-refractivity contribution in [1.29, 1.82) is 0 Å². The topological polar surface area (TPSA) is 55.2 Å². The summed E-state index contributed by atoms with van der Waals surface area (Å²) < 4.78 is 1.58. The summed E-state index contributed by atoms with van der Waals surface area (Å²) >= 11 is 0. The number of hydrogen-bond acceptors (Lipinski definition) is 3. The molecule has 3 rings (SSSR count). The predicted octanol–water partition coefficient (Wildman–Crippen LogP) is 2.53. The summed E-state index contributed by atoms with van der Waals surface area (Å²) in [5.74, 6) is 0.790. The number of piperidine rings is 1. The van der Waals surface area contributed by atoms with Crippen molar-refractivity contribution in [2.75, 3.05) is 13.1 Å². The fraction of sp³-hybridized carbons (Fsp3) is 0.500. The SMILES string of the molecule is CCn1c(=O)c(C(=O)N2C[C@H](C)C[C@@H](C)C2)cc2cccnc21. The molecule has 2 aromatic heterocycles. The van der Waals surface area contributed by atoms with Crippen molar-refractivity contribution >= 4 is 16.9 Å². The van der Waals surface area contributed by atoms with E-state index >= 15 is 0 Å². The van der Waals surface area contributed by atoms with Gasteiger partial charge in [0.05, 0.1) is 0 Å². The van der Waals surface area contributed by atoms with Crippen LogP contribution in [0.25, 0.3) is 11.0 Å². The molecule has 0 N–H and O–H groups in total. The number of amides is 1. The number of aromatic nitrogens is 2. The summed E-state index contributed by atoms with van der Waals surface area (Å²) in [7, 11) is 0. The highest BCUT2D eigenvalue weighted by Crippen LogP contribution is 2.22. The molecule has 1 amide bonds. The summed E-state index contributed by atoms with van der Waals surface area (Å²) in [6.07, 6.45) is 2.80. The van der Waals surface area contributed by atoms with E-state index in [9.17, 15) is 9.59 Å². The Morgan fingerprint density at radius 1 is 1.30 bits per heavy atom. The molecule has 3 heterocycles. The van der Waals surface area contributed by atoms with Crippen molar-refractivity contribution in [3.05, 3.63) is 40.3 Å². The van der Waals surface area contributed by atoms with Crippen LogP contribution < -0.4 is 5.56 Å². The van der Waals surface area contributed by atoms with Gasteiger partial charge in [-0.1, -0.05) is 13.8 Å². The molecule has 2 aromatic rings. The number of carbonyl (C=O) groups is 1. The Balaban J connectivity index is 2.07. The second-order valence-electron chi connectivity index (χ2n) is 6.68. The van der Waals surface area contributed by atoms with Crippen LogP contribution in [0.3, 0.4) is 0 Å². The highest BCUT2D eigenvalue weighted by molar-refractivity contribution is 5.97. The molecule has 1 saturated heterocycles. The molecule has 0 spiro atoms. The number of nitrogens with zero attached hydrogens (tertiary/aromatic N) is 3. The average Bonchev–Trinajstić information content (AvgIpc) is 2.53. The van der Waals surface area contributed by atoms with Gasteiger partial charge in [-0.3, -0.25) is 14.2 Å². The molecule has 122 valence electrons. The first-order chi connectivity index (χ1) is 11.0. The summed E-state index contributed by atoms with van der Waals surface area (Å²) in [6.45, 7) is 8.16. The number of likely N-dealkylation sites (tertiary alicyclic amines) is 1. The molecule has 1 aliphatic rings. The molecule has 0 aromatic carbocycles. The zero-order valence-electron chi connectivity index (χ0n) is 14.0. The second-order valence-corrected chi connectivity index (χ2v) is 6.68. The lowest BCUT2D eigenvalue weighted by Gasteiger charge is -2.35. The van der Waals surface area contributed by atoms with Crippen molar-refractivity contribution in [1.82, 2.24) is 14.5 Å².